The van der Waals surface area contributed by atoms with Crippen LogP contribution < -0.4 is 9.64 Å². The lowest BCUT2D eigenvalue weighted by atomic mass is 10.2. The minimum atomic E-state index is -0.0927. The van der Waals surface area contributed by atoms with Gasteiger partial charge in [0.1, 0.15) is 11.8 Å². The van der Waals surface area contributed by atoms with Crippen molar-refractivity contribution in [2.75, 3.05) is 18.1 Å². The first-order valence-corrected chi connectivity index (χ1v) is 8.75. The molecule has 1 heterocycles. The number of nitrogens with zero attached hydrogens (tertiary/aromatic N) is 2. The van der Waals surface area contributed by atoms with Crippen LogP contribution >= 0.6 is 11.8 Å². The summed E-state index contributed by atoms with van der Waals surface area (Å²) < 4.78 is 5.61. The molecule has 0 bridgehead atoms. The summed E-state index contributed by atoms with van der Waals surface area (Å²) in [4.78, 5) is 15.6. The normalized spacial score (nSPS) is 16.7. The Morgan fingerprint density at radius 1 is 1.29 bits per heavy atom. The molecular formula is C19H18N2O2S. The van der Waals surface area contributed by atoms with E-state index in [0.717, 1.165) is 17.0 Å². The average Bonchev–Trinajstić information content (AvgIpc) is 2.78. The molecule has 122 valence electrons. The lowest BCUT2D eigenvalue weighted by Gasteiger charge is -2.22. The molecular weight excluding hydrogens is 320 g/mol. The fourth-order valence-corrected chi connectivity index (χ4v) is 3.76. The number of benzene rings is 2. The second-order valence-electron chi connectivity index (χ2n) is 5.63. The van der Waals surface area contributed by atoms with Crippen LogP contribution in [0.3, 0.4) is 0 Å². The maximum Gasteiger partial charge on any atom is 0.264 e. The van der Waals surface area contributed by atoms with Crippen molar-refractivity contribution in [3.8, 4) is 11.8 Å². The highest BCUT2D eigenvalue weighted by molar-refractivity contribution is 8.00. The predicted octanol–water partition coefficient (Wildman–Crippen LogP) is 3.85. The minimum absolute atomic E-state index is 0.0773. The fraction of sp³-hybridized carbons (Fsp3) is 0.263. The van der Waals surface area contributed by atoms with E-state index in [2.05, 4.69) is 13.0 Å². The summed E-state index contributed by atoms with van der Waals surface area (Å²) in [6, 6.07) is 17.0. The molecule has 0 saturated carbocycles. The van der Waals surface area contributed by atoms with Gasteiger partial charge in [-0.3, -0.25) is 4.79 Å². The third-order valence-electron chi connectivity index (χ3n) is 3.90. The molecule has 1 aliphatic heterocycles. The third kappa shape index (κ3) is 3.55. The van der Waals surface area contributed by atoms with Crippen LogP contribution in [0.1, 0.15) is 18.9 Å². The number of anilines is 1. The lowest BCUT2D eigenvalue weighted by molar-refractivity contribution is -0.120. The van der Waals surface area contributed by atoms with Gasteiger partial charge in [-0.05, 0) is 30.7 Å². The number of rotatable bonds is 3. The van der Waals surface area contributed by atoms with Gasteiger partial charge in [-0.1, -0.05) is 31.2 Å². The number of fused-ring (bicyclic) bond motifs is 1. The Bertz CT molecular complexity index is 785. The van der Waals surface area contributed by atoms with Crippen LogP contribution in [0.5, 0.6) is 5.75 Å². The summed E-state index contributed by atoms with van der Waals surface area (Å²) in [6.07, 6.45) is 0.930. The van der Waals surface area contributed by atoms with Gasteiger partial charge in [-0.2, -0.15) is 5.26 Å². The Morgan fingerprint density at radius 2 is 2.04 bits per heavy atom. The quantitative estimate of drug-likeness (QED) is 0.853. The number of ether oxygens (including phenoxy) is 1. The third-order valence-corrected chi connectivity index (χ3v) is 5.14. The van der Waals surface area contributed by atoms with E-state index in [9.17, 15) is 4.79 Å². The first kappa shape index (κ1) is 16.4. The van der Waals surface area contributed by atoms with Crippen molar-refractivity contribution in [3.63, 3.8) is 0 Å². The zero-order valence-corrected chi connectivity index (χ0v) is 14.3. The number of carbonyl (C=O) groups is 1. The molecule has 5 heteroatoms. The van der Waals surface area contributed by atoms with Crippen molar-refractivity contribution in [1.82, 2.24) is 0 Å². The van der Waals surface area contributed by atoms with Crippen LogP contribution in [0.4, 0.5) is 5.69 Å². The molecule has 0 saturated heterocycles. The standard InChI is InChI=1S/C19H18N2O2S/c1-14-10-11-21(16-7-3-5-9-18(16)24-14)19(22)13-23-17-8-4-2-6-15(17)12-20/h2-9,14H,10-11,13H2,1H3/t14-/m1/s1. The van der Waals surface area contributed by atoms with Gasteiger partial charge in [-0.15, -0.1) is 11.8 Å². The number of para-hydroxylation sites is 2. The van der Waals surface area contributed by atoms with Gasteiger partial charge >= 0.3 is 0 Å². The zero-order valence-electron chi connectivity index (χ0n) is 13.4. The van der Waals surface area contributed by atoms with Crippen LogP contribution in [0.25, 0.3) is 0 Å². The van der Waals surface area contributed by atoms with Crippen molar-refractivity contribution in [2.45, 2.75) is 23.5 Å². The topological polar surface area (TPSA) is 53.3 Å². The van der Waals surface area contributed by atoms with Crippen molar-refractivity contribution in [2.24, 2.45) is 0 Å². The molecule has 0 fully saturated rings. The molecule has 4 nitrogen and oxygen atoms in total. The zero-order chi connectivity index (χ0) is 16.9. The van der Waals surface area contributed by atoms with E-state index in [1.54, 1.807) is 40.9 Å². The molecule has 24 heavy (non-hydrogen) atoms. The van der Waals surface area contributed by atoms with E-state index in [1.807, 2.05) is 24.3 Å². The number of thioether (sulfide) groups is 1. The van der Waals surface area contributed by atoms with Crippen molar-refractivity contribution in [1.29, 1.82) is 5.26 Å². The maximum atomic E-state index is 12.7. The molecule has 2 aromatic carbocycles. The SMILES string of the molecule is C[C@@H]1CCN(C(=O)COc2ccccc2C#N)c2ccccc2S1. The van der Waals surface area contributed by atoms with Gasteiger partial charge in [0.2, 0.25) is 0 Å². The Morgan fingerprint density at radius 3 is 2.88 bits per heavy atom. The summed E-state index contributed by atoms with van der Waals surface area (Å²) in [5, 5.41) is 9.56. The maximum absolute atomic E-state index is 12.7. The Labute approximate surface area is 146 Å². The lowest BCUT2D eigenvalue weighted by Crippen LogP contribution is -2.36. The van der Waals surface area contributed by atoms with E-state index in [-0.39, 0.29) is 12.5 Å². The first-order chi connectivity index (χ1) is 11.7. The molecule has 0 spiro atoms. The second kappa shape index (κ2) is 7.41. The van der Waals surface area contributed by atoms with Crippen molar-refractivity contribution >= 4 is 23.4 Å². The molecule has 3 rings (SSSR count). The van der Waals surface area contributed by atoms with Crippen LogP contribution in [-0.2, 0) is 4.79 Å². The number of carbonyl (C=O) groups excluding carboxylic acids is 1. The summed E-state index contributed by atoms with van der Waals surface area (Å²) in [5.74, 6) is 0.351. The highest BCUT2D eigenvalue weighted by Crippen LogP contribution is 2.37. The van der Waals surface area contributed by atoms with E-state index in [4.69, 9.17) is 10.00 Å². The van der Waals surface area contributed by atoms with Gasteiger partial charge in [0.05, 0.1) is 11.3 Å². The first-order valence-electron chi connectivity index (χ1n) is 7.87. The minimum Gasteiger partial charge on any atom is -0.482 e. The van der Waals surface area contributed by atoms with Gasteiger partial charge < -0.3 is 9.64 Å². The van der Waals surface area contributed by atoms with Gasteiger partial charge in [0.15, 0.2) is 6.61 Å². The van der Waals surface area contributed by atoms with Crippen LogP contribution in [-0.4, -0.2) is 24.3 Å². The smallest absolute Gasteiger partial charge is 0.264 e. The number of hydrogen-bond donors (Lipinski definition) is 0. The van der Waals surface area contributed by atoms with E-state index >= 15 is 0 Å². The molecule has 1 aliphatic rings. The fourth-order valence-electron chi connectivity index (χ4n) is 2.65. The molecule has 0 unspecified atom stereocenters. The highest BCUT2D eigenvalue weighted by Gasteiger charge is 2.24. The highest BCUT2D eigenvalue weighted by atomic mass is 32.2. The Kier molecular flexibility index (Phi) is 5.07. The number of amides is 1. The molecule has 1 amide bonds. The van der Waals surface area contributed by atoms with Gasteiger partial charge in [0, 0.05) is 16.7 Å². The van der Waals surface area contributed by atoms with Crippen LogP contribution in [0, 0.1) is 11.3 Å². The van der Waals surface area contributed by atoms with Crippen molar-refractivity contribution < 1.29 is 9.53 Å². The average molecular weight is 338 g/mol. The van der Waals surface area contributed by atoms with E-state index < -0.39 is 0 Å². The molecule has 2 aromatic rings. The van der Waals surface area contributed by atoms with Gasteiger partial charge in [-0.25, -0.2) is 0 Å². The molecule has 0 aliphatic carbocycles. The van der Waals surface area contributed by atoms with Gasteiger partial charge in [0.25, 0.3) is 5.91 Å². The number of nitriles is 1. The summed E-state index contributed by atoms with van der Waals surface area (Å²) in [6.45, 7) is 2.77. The molecule has 1 atom stereocenters. The van der Waals surface area contributed by atoms with Crippen LogP contribution in [0.15, 0.2) is 53.4 Å². The summed E-state index contributed by atoms with van der Waals surface area (Å²) in [7, 11) is 0. The largest absolute Gasteiger partial charge is 0.482 e. The Balaban J connectivity index is 1.77. The monoisotopic (exact) mass is 338 g/mol. The van der Waals surface area contributed by atoms with E-state index in [1.165, 1.54) is 0 Å². The molecule has 0 radical (unpaired) electrons. The number of hydrogen-bond acceptors (Lipinski definition) is 4. The van der Waals surface area contributed by atoms with Crippen LogP contribution in [0.2, 0.25) is 0 Å². The summed E-state index contributed by atoms with van der Waals surface area (Å²) in [5.41, 5.74) is 1.37. The second-order valence-corrected chi connectivity index (χ2v) is 7.11. The van der Waals surface area contributed by atoms with Crippen molar-refractivity contribution in [3.05, 3.63) is 54.1 Å². The van der Waals surface area contributed by atoms with E-state index in [0.29, 0.717) is 23.1 Å². The molecule has 0 aromatic heterocycles. The predicted molar refractivity (Wildman–Crippen MR) is 95.4 cm³/mol. The molecule has 0 N–H and O–H groups in total. The Hall–Kier alpha value is -2.45. The summed E-state index contributed by atoms with van der Waals surface area (Å²) >= 11 is 1.80.